The molecule has 0 radical (unpaired) electrons. The molecule has 0 saturated carbocycles. The minimum atomic E-state index is -0.257. The van der Waals surface area contributed by atoms with Crippen molar-refractivity contribution in [3.05, 3.63) is 70.4 Å². The van der Waals surface area contributed by atoms with Crippen molar-refractivity contribution in [1.82, 2.24) is 24.8 Å². The third-order valence-corrected chi connectivity index (χ3v) is 3.71. The minimum absolute atomic E-state index is 0.257. The number of benzene rings is 1. The van der Waals surface area contributed by atoms with Crippen LogP contribution in [0.15, 0.2) is 59.8 Å². The maximum absolute atomic E-state index is 11.3. The molecule has 0 unspecified atom stereocenters. The maximum Gasteiger partial charge on any atom is 0.264 e. The maximum atomic E-state index is 11.3. The molecule has 0 aliphatic rings. The highest BCUT2D eigenvalue weighted by Crippen LogP contribution is 2.34. The summed E-state index contributed by atoms with van der Waals surface area (Å²) in [5.41, 5.74) is 3.53. The summed E-state index contributed by atoms with van der Waals surface area (Å²) in [5, 5.41) is 11.8. The van der Waals surface area contributed by atoms with Gasteiger partial charge in [0.2, 0.25) is 0 Å². The van der Waals surface area contributed by atoms with E-state index in [0.29, 0.717) is 10.7 Å². The van der Waals surface area contributed by atoms with Gasteiger partial charge in [-0.25, -0.2) is 9.61 Å². The quantitative estimate of drug-likeness (QED) is 0.615. The van der Waals surface area contributed by atoms with Gasteiger partial charge in [-0.3, -0.25) is 9.78 Å². The molecule has 1 N–H and O–H groups in total. The van der Waals surface area contributed by atoms with Crippen LogP contribution in [0.25, 0.3) is 28.0 Å². The smallest absolute Gasteiger partial charge is 0.264 e. The van der Waals surface area contributed by atoms with Crippen LogP contribution in [0.5, 0.6) is 0 Å². The molecule has 0 saturated heterocycles. The zero-order valence-corrected chi connectivity index (χ0v) is 12.5. The fraction of sp³-hybridized carbons (Fsp3) is 0. The van der Waals surface area contributed by atoms with Gasteiger partial charge in [0.05, 0.1) is 23.0 Å². The van der Waals surface area contributed by atoms with Gasteiger partial charge in [-0.05, 0) is 18.2 Å². The molecule has 112 valence electrons. The number of hydrogen-bond donors (Lipinski definition) is 1. The van der Waals surface area contributed by atoms with Crippen LogP contribution in [-0.4, -0.2) is 24.8 Å². The SMILES string of the molecule is O=c1ccc(-c2c(-c3cccc(Cl)c3)nn3ccncc23)n[nH]1. The average molecular weight is 324 g/mol. The molecule has 3 aromatic heterocycles. The first-order valence-electron chi connectivity index (χ1n) is 6.87. The van der Waals surface area contributed by atoms with E-state index in [2.05, 4.69) is 20.3 Å². The summed E-state index contributed by atoms with van der Waals surface area (Å²) >= 11 is 6.10. The molecule has 0 amide bonds. The summed E-state index contributed by atoms with van der Waals surface area (Å²) in [6, 6.07) is 10.5. The van der Waals surface area contributed by atoms with Gasteiger partial charge >= 0.3 is 0 Å². The van der Waals surface area contributed by atoms with Crippen LogP contribution in [0.3, 0.4) is 0 Å². The van der Waals surface area contributed by atoms with E-state index in [1.807, 2.05) is 18.2 Å². The molecule has 3 heterocycles. The number of halogens is 1. The fourth-order valence-corrected chi connectivity index (χ4v) is 2.66. The molecular formula is C16H10ClN5O. The van der Waals surface area contributed by atoms with Crippen LogP contribution in [0.2, 0.25) is 5.02 Å². The Balaban J connectivity index is 2.06. The van der Waals surface area contributed by atoms with Crippen molar-refractivity contribution in [2.24, 2.45) is 0 Å². The zero-order valence-electron chi connectivity index (χ0n) is 11.8. The van der Waals surface area contributed by atoms with Crippen molar-refractivity contribution in [3.8, 4) is 22.5 Å². The molecule has 23 heavy (non-hydrogen) atoms. The molecular weight excluding hydrogens is 314 g/mol. The second-order valence-electron chi connectivity index (χ2n) is 4.95. The summed E-state index contributed by atoms with van der Waals surface area (Å²) in [6.07, 6.45) is 5.13. The van der Waals surface area contributed by atoms with Gasteiger partial charge in [-0.2, -0.15) is 10.2 Å². The van der Waals surface area contributed by atoms with E-state index in [1.165, 1.54) is 6.07 Å². The van der Waals surface area contributed by atoms with Crippen LogP contribution in [0.1, 0.15) is 0 Å². The Kier molecular flexibility index (Phi) is 3.17. The number of nitrogens with one attached hydrogen (secondary N) is 1. The van der Waals surface area contributed by atoms with E-state index in [9.17, 15) is 4.79 Å². The highest BCUT2D eigenvalue weighted by Gasteiger charge is 2.17. The first-order valence-corrected chi connectivity index (χ1v) is 7.24. The summed E-state index contributed by atoms with van der Waals surface area (Å²) in [7, 11) is 0. The Bertz CT molecular complexity index is 1050. The summed E-state index contributed by atoms with van der Waals surface area (Å²) in [6.45, 7) is 0. The lowest BCUT2D eigenvalue weighted by Gasteiger charge is -2.02. The Hall–Kier alpha value is -2.99. The molecule has 0 aliphatic heterocycles. The van der Waals surface area contributed by atoms with Crippen LogP contribution >= 0.6 is 11.6 Å². The van der Waals surface area contributed by atoms with E-state index < -0.39 is 0 Å². The number of aromatic amines is 1. The molecule has 0 aliphatic carbocycles. The Morgan fingerprint density at radius 1 is 1.17 bits per heavy atom. The molecule has 4 aromatic rings. The highest BCUT2D eigenvalue weighted by molar-refractivity contribution is 6.30. The Morgan fingerprint density at radius 2 is 2.09 bits per heavy atom. The third kappa shape index (κ3) is 2.39. The molecule has 6 nitrogen and oxygen atoms in total. The second kappa shape index (κ2) is 5.33. The van der Waals surface area contributed by atoms with Crippen molar-refractivity contribution in [1.29, 1.82) is 0 Å². The third-order valence-electron chi connectivity index (χ3n) is 3.47. The van der Waals surface area contributed by atoms with Crippen LogP contribution in [-0.2, 0) is 0 Å². The minimum Gasteiger partial charge on any atom is -0.268 e. The normalized spacial score (nSPS) is 11.0. The predicted molar refractivity (Wildman–Crippen MR) is 87.3 cm³/mol. The number of hydrogen-bond acceptors (Lipinski definition) is 4. The van der Waals surface area contributed by atoms with Gasteiger partial charge in [0, 0.05) is 29.0 Å². The number of nitrogens with zero attached hydrogens (tertiary/aromatic N) is 4. The Morgan fingerprint density at radius 3 is 2.87 bits per heavy atom. The molecule has 0 bridgehead atoms. The standard InChI is InChI=1S/C16H10ClN5O/c17-11-3-1-2-10(8-11)16-15(12-4-5-14(23)20-19-12)13-9-18-6-7-22(13)21-16/h1-9H,(H,20,23). The second-order valence-corrected chi connectivity index (χ2v) is 5.38. The number of H-pyrrole nitrogens is 1. The number of rotatable bonds is 2. The molecule has 0 spiro atoms. The molecule has 4 rings (SSSR count). The van der Waals surface area contributed by atoms with Crippen molar-refractivity contribution < 1.29 is 0 Å². The van der Waals surface area contributed by atoms with Crippen molar-refractivity contribution >= 4 is 17.1 Å². The Labute approximate surface area is 135 Å². The predicted octanol–water partition coefficient (Wildman–Crippen LogP) is 2.80. The molecule has 0 atom stereocenters. The van der Waals surface area contributed by atoms with Gasteiger partial charge in [0.15, 0.2) is 0 Å². The lowest BCUT2D eigenvalue weighted by atomic mass is 10.0. The van der Waals surface area contributed by atoms with Gasteiger partial charge < -0.3 is 0 Å². The van der Waals surface area contributed by atoms with E-state index in [4.69, 9.17) is 11.6 Å². The zero-order chi connectivity index (χ0) is 15.8. The number of fused-ring (bicyclic) bond motifs is 1. The lowest BCUT2D eigenvalue weighted by molar-refractivity contribution is 0.950. The summed E-state index contributed by atoms with van der Waals surface area (Å²) in [5.74, 6) is 0. The average Bonchev–Trinajstić information content (AvgIpc) is 2.95. The van der Waals surface area contributed by atoms with E-state index in [1.54, 1.807) is 35.2 Å². The monoisotopic (exact) mass is 323 g/mol. The van der Waals surface area contributed by atoms with Gasteiger partial charge in [-0.1, -0.05) is 23.7 Å². The largest absolute Gasteiger partial charge is 0.268 e. The number of aromatic nitrogens is 5. The van der Waals surface area contributed by atoms with Crippen LogP contribution in [0.4, 0.5) is 0 Å². The van der Waals surface area contributed by atoms with Crippen molar-refractivity contribution in [2.75, 3.05) is 0 Å². The van der Waals surface area contributed by atoms with Gasteiger partial charge in [-0.15, -0.1) is 0 Å². The summed E-state index contributed by atoms with van der Waals surface area (Å²) in [4.78, 5) is 15.4. The van der Waals surface area contributed by atoms with Crippen molar-refractivity contribution in [2.45, 2.75) is 0 Å². The van der Waals surface area contributed by atoms with E-state index in [0.717, 1.165) is 22.3 Å². The van der Waals surface area contributed by atoms with Crippen LogP contribution in [0, 0.1) is 0 Å². The molecule has 0 fully saturated rings. The van der Waals surface area contributed by atoms with Gasteiger partial charge in [0.25, 0.3) is 5.56 Å². The topological polar surface area (TPSA) is 75.9 Å². The van der Waals surface area contributed by atoms with Crippen LogP contribution < -0.4 is 5.56 Å². The van der Waals surface area contributed by atoms with E-state index >= 15 is 0 Å². The van der Waals surface area contributed by atoms with Crippen molar-refractivity contribution in [3.63, 3.8) is 0 Å². The summed E-state index contributed by atoms with van der Waals surface area (Å²) < 4.78 is 1.73. The molecule has 1 aromatic carbocycles. The first-order chi connectivity index (χ1) is 11.2. The first kappa shape index (κ1) is 13.7. The van der Waals surface area contributed by atoms with Gasteiger partial charge in [0.1, 0.15) is 5.69 Å². The lowest BCUT2D eigenvalue weighted by Crippen LogP contribution is -2.05. The molecule has 7 heteroatoms. The highest BCUT2D eigenvalue weighted by atomic mass is 35.5. The fourth-order valence-electron chi connectivity index (χ4n) is 2.47. The van der Waals surface area contributed by atoms with E-state index in [-0.39, 0.29) is 5.56 Å².